The van der Waals surface area contributed by atoms with Gasteiger partial charge in [-0.3, -0.25) is 9.78 Å². The summed E-state index contributed by atoms with van der Waals surface area (Å²) in [5.41, 5.74) is 4.92. The molecule has 0 atom stereocenters. The van der Waals surface area contributed by atoms with Crippen LogP contribution in [-0.4, -0.2) is 24.0 Å². The highest BCUT2D eigenvalue weighted by Gasteiger charge is 2.31. The molecular formula is C23H16N2O4. The standard InChI is InChI=1S/C23H16N2O4/c1-12-18(11-24)20(22(13(2)25-12)29-23(27)28-3)16-9-6-10-17-19(16)14-7-4-5-8-15(14)21(17)26/h4-10H,1-3H3. The molecule has 0 saturated heterocycles. The Hall–Kier alpha value is -3.98. The van der Waals surface area contributed by atoms with E-state index in [1.165, 1.54) is 7.11 Å². The molecule has 0 radical (unpaired) electrons. The van der Waals surface area contributed by atoms with Gasteiger partial charge in [0.25, 0.3) is 0 Å². The first-order valence-electron chi connectivity index (χ1n) is 8.92. The van der Waals surface area contributed by atoms with Gasteiger partial charge in [0.05, 0.1) is 24.1 Å². The van der Waals surface area contributed by atoms with Gasteiger partial charge < -0.3 is 9.47 Å². The Morgan fingerprint density at radius 2 is 1.59 bits per heavy atom. The molecule has 4 rings (SSSR count). The molecule has 1 aromatic heterocycles. The number of ether oxygens (including phenoxy) is 2. The number of benzene rings is 2. The number of nitrogens with zero attached hydrogens (tertiary/aromatic N) is 2. The number of fused-ring (bicyclic) bond motifs is 3. The number of carbonyl (C=O) groups excluding carboxylic acids is 2. The maximum absolute atomic E-state index is 12.9. The molecule has 0 aliphatic heterocycles. The molecule has 1 aliphatic carbocycles. The molecule has 6 heteroatoms. The molecule has 2 aromatic carbocycles. The van der Waals surface area contributed by atoms with Gasteiger partial charge in [-0.15, -0.1) is 0 Å². The average molecular weight is 384 g/mol. The number of rotatable bonds is 2. The van der Waals surface area contributed by atoms with E-state index in [2.05, 4.69) is 15.8 Å². The number of nitriles is 1. The van der Waals surface area contributed by atoms with Gasteiger partial charge >= 0.3 is 6.16 Å². The van der Waals surface area contributed by atoms with Crippen molar-refractivity contribution in [3.8, 4) is 34.1 Å². The SMILES string of the molecule is COC(=O)Oc1c(C)nc(C)c(C#N)c1-c1cccc2c1-c1ccccc1C2=O. The van der Waals surface area contributed by atoms with Crippen LogP contribution in [0.5, 0.6) is 5.75 Å². The summed E-state index contributed by atoms with van der Waals surface area (Å²) in [6.07, 6.45) is -0.909. The molecule has 29 heavy (non-hydrogen) atoms. The number of methoxy groups -OCH3 is 1. The van der Waals surface area contributed by atoms with Crippen molar-refractivity contribution in [2.75, 3.05) is 7.11 Å². The van der Waals surface area contributed by atoms with E-state index in [0.29, 0.717) is 39.2 Å². The Balaban J connectivity index is 2.10. The van der Waals surface area contributed by atoms with Crippen LogP contribution < -0.4 is 4.74 Å². The van der Waals surface area contributed by atoms with E-state index in [1.54, 1.807) is 32.0 Å². The molecule has 0 fully saturated rings. The molecule has 3 aromatic rings. The molecule has 0 N–H and O–H groups in total. The Morgan fingerprint density at radius 3 is 2.28 bits per heavy atom. The van der Waals surface area contributed by atoms with Gasteiger partial charge in [0, 0.05) is 22.3 Å². The fraction of sp³-hybridized carbons (Fsp3) is 0.130. The maximum Gasteiger partial charge on any atom is 0.513 e. The molecule has 0 unspecified atom stereocenters. The van der Waals surface area contributed by atoms with Crippen molar-refractivity contribution in [2.24, 2.45) is 0 Å². The molecule has 1 aliphatic rings. The molecule has 142 valence electrons. The predicted octanol–water partition coefficient (Wildman–Crippen LogP) is 4.59. The van der Waals surface area contributed by atoms with Gasteiger partial charge in [0.15, 0.2) is 11.5 Å². The summed E-state index contributed by atoms with van der Waals surface area (Å²) in [5.74, 6) is 0.0677. The largest absolute Gasteiger partial charge is 0.513 e. The van der Waals surface area contributed by atoms with Crippen LogP contribution in [0.25, 0.3) is 22.3 Å². The zero-order valence-corrected chi connectivity index (χ0v) is 16.1. The fourth-order valence-electron chi connectivity index (χ4n) is 3.76. The second-order valence-corrected chi connectivity index (χ2v) is 6.63. The van der Waals surface area contributed by atoms with Crippen molar-refractivity contribution in [1.82, 2.24) is 4.98 Å². The van der Waals surface area contributed by atoms with Crippen molar-refractivity contribution in [3.05, 3.63) is 70.5 Å². The lowest BCUT2D eigenvalue weighted by molar-refractivity contribution is 0.104. The lowest BCUT2D eigenvalue weighted by Crippen LogP contribution is -2.11. The highest BCUT2D eigenvalue weighted by Crippen LogP contribution is 2.47. The van der Waals surface area contributed by atoms with Crippen LogP contribution in [0, 0.1) is 25.2 Å². The Kier molecular flexibility index (Phi) is 4.36. The van der Waals surface area contributed by atoms with Crippen molar-refractivity contribution in [2.45, 2.75) is 13.8 Å². The summed E-state index contributed by atoms with van der Waals surface area (Å²) < 4.78 is 10.0. The van der Waals surface area contributed by atoms with E-state index < -0.39 is 6.16 Å². The highest BCUT2D eigenvalue weighted by atomic mass is 16.7. The normalized spacial score (nSPS) is 11.4. The minimum Gasteiger partial charge on any atom is -0.437 e. The molecule has 0 amide bonds. The monoisotopic (exact) mass is 384 g/mol. The average Bonchev–Trinajstić information content (AvgIpc) is 3.02. The van der Waals surface area contributed by atoms with Crippen LogP contribution in [0.3, 0.4) is 0 Å². The quantitative estimate of drug-likeness (QED) is 0.470. The van der Waals surface area contributed by atoms with E-state index in [0.717, 1.165) is 5.56 Å². The number of ketones is 1. The third-order valence-corrected chi connectivity index (χ3v) is 4.99. The van der Waals surface area contributed by atoms with Gasteiger partial charge in [0.2, 0.25) is 0 Å². The van der Waals surface area contributed by atoms with Gasteiger partial charge in [-0.05, 0) is 25.0 Å². The lowest BCUT2D eigenvalue weighted by Gasteiger charge is -2.17. The molecular weight excluding hydrogens is 368 g/mol. The smallest absolute Gasteiger partial charge is 0.437 e. The number of aryl methyl sites for hydroxylation is 2. The molecule has 1 heterocycles. The van der Waals surface area contributed by atoms with Crippen LogP contribution >= 0.6 is 0 Å². The molecule has 0 spiro atoms. The Bertz CT molecular complexity index is 1240. The van der Waals surface area contributed by atoms with Gasteiger partial charge in [0.1, 0.15) is 6.07 Å². The van der Waals surface area contributed by atoms with Crippen molar-refractivity contribution in [3.63, 3.8) is 0 Å². The van der Waals surface area contributed by atoms with E-state index in [-0.39, 0.29) is 17.1 Å². The molecule has 0 saturated carbocycles. The fourth-order valence-corrected chi connectivity index (χ4v) is 3.76. The third-order valence-electron chi connectivity index (χ3n) is 4.99. The van der Waals surface area contributed by atoms with Crippen molar-refractivity contribution >= 4 is 11.9 Å². The van der Waals surface area contributed by atoms with Crippen molar-refractivity contribution < 1.29 is 19.1 Å². The molecule has 0 bridgehead atoms. The first kappa shape index (κ1) is 18.4. The summed E-state index contributed by atoms with van der Waals surface area (Å²) in [6.45, 7) is 3.41. The van der Waals surface area contributed by atoms with Crippen LogP contribution in [0.2, 0.25) is 0 Å². The summed E-state index contributed by atoms with van der Waals surface area (Å²) in [7, 11) is 1.21. The maximum atomic E-state index is 12.9. The number of aromatic nitrogens is 1. The van der Waals surface area contributed by atoms with E-state index in [4.69, 9.17) is 4.74 Å². The Morgan fingerprint density at radius 1 is 0.931 bits per heavy atom. The highest BCUT2D eigenvalue weighted by molar-refractivity contribution is 6.24. The van der Waals surface area contributed by atoms with Gasteiger partial charge in [-0.1, -0.05) is 42.5 Å². The summed E-state index contributed by atoms with van der Waals surface area (Å²) >= 11 is 0. The van der Waals surface area contributed by atoms with E-state index in [1.807, 2.05) is 24.3 Å². The minimum absolute atomic E-state index is 0.0751. The van der Waals surface area contributed by atoms with E-state index in [9.17, 15) is 14.9 Å². The van der Waals surface area contributed by atoms with Crippen LogP contribution in [0.1, 0.15) is 32.9 Å². The number of hydrogen-bond donors (Lipinski definition) is 0. The number of carbonyl (C=O) groups is 2. The van der Waals surface area contributed by atoms with E-state index >= 15 is 0 Å². The van der Waals surface area contributed by atoms with Gasteiger partial charge in [-0.25, -0.2) is 4.79 Å². The topological polar surface area (TPSA) is 89.3 Å². The van der Waals surface area contributed by atoms with Crippen LogP contribution in [0.4, 0.5) is 4.79 Å². The summed E-state index contributed by atoms with van der Waals surface area (Å²) in [5, 5.41) is 9.83. The van der Waals surface area contributed by atoms with Gasteiger partial charge in [-0.2, -0.15) is 5.26 Å². The number of hydrogen-bond acceptors (Lipinski definition) is 6. The van der Waals surface area contributed by atoms with Crippen molar-refractivity contribution in [1.29, 1.82) is 5.26 Å². The summed E-state index contributed by atoms with van der Waals surface area (Å²) in [4.78, 5) is 29.1. The third kappa shape index (κ3) is 2.75. The second kappa shape index (κ2) is 6.88. The lowest BCUT2D eigenvalue weighted by atomic mass is 9.90. The van der Waals surface area contributed by atoms with Crippen LogP contribution in [0.15, 0.2) is 42.5 Å². The zero-order valence-electron chi connectivity index (χ0n) is 16.1. The predicted molar refractivity (Wildman–Crippen MR) is 106 cm³/mol. The first-order chi connectivity index (χ1) is 14.0. The number of pyridine rings is 1. The zero-order chi connectivity index (χ0) is 20.7. The summed E-state index contributed by atoms with van der Waals surface area (Å²) in [6, 6.07) is 14.8. The second-order valence-electron chi connectivity index (χ2n) is 6.63. The molecule has 6 nitrogen and oxygen atoms in total. The first-order valence-corrected chi connectivity index (χ1v) is 8.92. The minimum atomic E-state index is -0.909. The Labute approximate surface area is 167 Å². The van der Waals surface area contributed by atoms with Crippen LogP contribution in [-0.2, 0) is 4.74 Å².